The lowest BCUT2D eigenvalue weighted by Gasteiger charge is -2.31. The van der Waals surface area contributed by atoms with Crippen LogP contribution in [0.5, 0.6) is 0 Å². The summed E-state index contributed by atoms with van der Waals surface area (Å²) in [6.45, 7) is 9.42. The zero-order valence-electron chi connectivity index (χ0n) is 11.7. The quantitative estimate of drug-likeness (QED) is 0.730. The molecule has 100 valence electrons. The lowest BCUT2D eigenvalue weighted by atomic mass is 9.80. The van der Waals surface area contributed by atoms with Crippen LogP contribution in [-0.2, 0) is 4.74 Å². The van der Waals surface area contributed by atoms with Crippen LogP contribution in [0.15, 0.2) is 0 Å². The summed E-state index contributed by atoms with van der Waals surface area (Å²) < 4.78 is 6.03. The van der Waals surface area contributed by atoms with Crippen LogP contribution in [0.25, 0.3) is 0 Å². The molecule has 1 aliphatic carbocycles. The molecule has 0 atom stereocenters. The minimum absolute atomic E-state index is 0.563. The lowest BCUT2D eigenvalue weighted by Crippen LogP contribution is -2.29. The van der Waals surface area contributed by atoms with Gasteiger partial charge in [-0.05, 0) is 63.5 Å². The van der Waals surface area contributed by atoms with Gasteiger partial charge in [-0.3, -0.25) is 0 Å². The fourth-order valence-corrected chi connectivity index (χ4v) is 3.28. The number of hydrogen-bond acceptors (Lipinski definition) is 2. The normalized spacial score (nSPS) is 31.2. The van der Waals surface area contributed by atoms with Gasteiger partial charge in [0.2, 0.25) is 0 Å². The number of ether oxygens (including phenoxy) is 1. The Morgan fingerprint density at radius 3 is 2.29 bits per heavy atom. The third-order valence-electron chi connectivity index (χ3n) is 4.62. The van der Waals surface area contributed by atoms with E-state index in [1.54, 1.807) is 0 Å². The summed E-state index contributed by atoms with van der Waals surface area (Å²) in [6.07, 6.45) is 8.69. The highest BCUT2D eigenvalue weighted by Crippen LogP contribution is 2.31. The second kappa shape index (κ2) is 6.75. The fraction of sp³-hybridized carbons (Fsp3) is 1.00. The molecule has 2 aliphatic rings. The smallest absolute Gasteiger partial charge is 0.0597 e. The van der Waals surface area contributed by atoms with Gasteiger partial charge in [-0.25, -0.2) is 0 Å². The maximum absolute atomic E-state index is 6.03. The highest BCUT2D eigenvalue weighted by atomic mass is 16.5. The summed E-state index contributed by atoms with van der Waals surface area (Å²) in [5, 5.41) is 0. The molecule has 0 unspecified atom stereocenters. The van der Waals surface area contributed by atoms with E-state index in [0.29, 0.717) is 6.10 Å². The van der Waals surface area contributed by atoms with Crippen molar-refractivity contribution in [1.29, 1.82) is 0 Å². The molecule has 0 spiro atoms. The topological polar surface area (TPSA) is 12.5 Å². The average molecular weight is 239 g/mol. The second-order valence-electron chi connectivity index (χ2n) is 6.20. The van der Waals surface area contributed by atoms with Crippen molar-refractivity contribution in [3.05, 3.63) is 0 Å². The van der Waals surface area contributed by atoms with E-state index in [0.717, 1.165) is 25.0 Å². The van der Waals surface area contributed by atoms with Crippen molar-refractivity contribution in [1.82, 2.24) is 4.90 Å². The van der Waals surface area contributed by atoms with Crippen LogP contribution in [0.4, 0.5) is 0 Å². The molecule has 0 aromatic rings. The first-order valence-electron chi connectivity index (χ1n) is 7.59. The van der Waals surface area contributed by atoms with Gasteiger partial charge in [-0.15, -0.1) is 0 Å². The second-order valence-corrected chi connectivity index (χ2v) is 6.20. The van der Waals surface area contributed by atoms with Gasteiger partial charge < -0.3 is 9.64 Å². The van der Waals surface area contributed by atoms with Gasteiger partial charge >= 0.3 is 0 Å². The van der Waals surface area contributed by atoms with Crippen LogP contribution < -0.4 is 0 Å². The number of nitrogens with zero attached hydrogens (tertiary/aromatic N) is 1. The van der Waals surface area contributed by atoms with Crippen LogP contribution in [0.3, 0.4) is 0 Å². The van der Waals surface area contributed by atoms with Gasteiger partial charge in [0.15, 0.2) is 0 Å². The number of likely N-dealkylation sites (tertiary alicyclic amines) is 1. The molecular weight excluding hydrogens is 210 g/mol. The molecule has 2 heteroatoms. The van der Waals surface area contributed by atoms with E-state index in [9.17, 15) is 0 Å². The molecule has 1 saturated carbocycles. The van der Waals surface area contributed by atoms with Crippen molar-refractivity contribution < 1.29 is 4.74 Å². The Balaban J connectivity index is 1.55. The Morgan fingerprint density at radius 2 is 1.71 bits per heavy atom. The SMILES string of the molecule is CC(C)[C@H]1CC[C@H](OCCN2CCCC2)CC1. The summed E-state index contributed by atoms with van der Waals surface area (Å²) in [5.74, 6) is 1.81. The highest BCUT2D eigenvalue weighted by molar-refractivity contribution is 4.75. The van der Waals surface area contributed by atoms with Crippen LogP contribution in [0.1, 0.15) is 52.4 Å². The monoisotopic (exact) mass is 239 g/mol. The zero-order chi connectivity index (χ0) is 12.1. The van der Waals surface area contributed by atoms with E-state index < -0.39 is 0 Å². The molecule has 2 rings (SSSR count). The maximum Gasteiger partial charge on any atom is 0.0597 e. The third kappa shape index (κ3) is 4.26. The van der Waals surface area contributed by atoms with E-state index in [-0.39, 0.29) is 0 Å². The number of rotatable bonds is 5. The van der Waals surface area contributed by atoms with Gasteiger partial charge in [-0.1, -0.05) is 13.8 Å². The fourth-order valence-electron chi connectivity index (χ4n) is 3.28. The molecule has 0 radical (unpaired) electrons. The predicted molar refractivity (Wildman–Crippen MR) is 72.2 cm³/mol. The Morgan fingerprint density at radius 1 is 1.06 bits per heavy atom. The minimum atomic E-state index is 0.563. The average Bonchev–Trinajstić information content (AvgIpc) is 2.83. The molecule has 1 aliphatic heterocycles. The first kappa shape index (κ1) is 13.4. The molecule has 0 N–H and O–H groups in total. The standard InChI is InChI=1S/C15H29NO/c1-13(2)14-5-7-15(8-6-14)17-12-11-16-9-3-4-10-16/h13-15H,3-12H2,1-2H3/t14-,15-. The molecule has 17 heavy (non-hydrogen) atoms. The van der Waals surface area contributed by atoms with Gasteiger partial charge in [-0.2, -0.15) is 0 Å². The van der Waals surface area contributed by atoms with Gasteiger partial charge in [0.1, 0.15) is 0 Å². The largest absolute Gasteiger partial charge is 0.377 e. The van der Waals surface area contributed by atoms with E-state index in [1.165, 1.54) is 51.6 Å². The van der Waals surface area contributed by atoms with E-state index >= 15 is 0 Å². The summed E-state index contributed by atoms with van der Waals surface area (Å²) >= 11 is 0. The van der Waals surface area contributed by atoms with E-state index in [4.69, 9.17) is 4.74 Å². The molecule has 0 aromatic carbocycles. The van der Waals surface area contributed by atoms with Crippen molar-refractivity contribution in [2.45, 2.75) is 58.5 Å². The van der Waals surface area contributed by atoms with Crippen LogP contribution in [0, 0.1) is 11.8 Å². The number of hydrogen-bond donors (Lipinski definition) is 0. The van der Waals surface area contributed by atoms with Crippen molar-refractivity contribution >= 4 is 0 Å². The van der Waals surface area contributed by atoms with E-state index in [1.807, 2.05) is 0 Å². The maximum atomic E-state index is 6.03. The van der Waals surface area contributed by atoms with Crippen molar-refractivity contribution in [3.8, 4) is 0 Å². The summed E-state index contributed by atoms with van der Waals surface area (Å²) in [7, 11) is 0. The van der Waals surface area contributed by atoms with Gasteiger partial charge in [0.25, 0.3) is 0 Å². The predicted octanol–water partition coefficient (Wildman–Crippen LogP) is 3.31. The zero-order valence-corrected chi connectivity index (χ0v) is 11.7. The minimum Gasteiger partial charge on any atom is -0.377 e. The molecule has 0 amide bonds. The highest BCUT2D eigenvalue weighted by Gasteiger charge is 2.23. The van der Waals surface area contributed by atoms with Crippen LogP contribution in [-0.4, -0.2) is 37.2 Å². The van der Waals surface area contributed by atoms with Crippen molar-refractivity contribution in [2.24, 2.45) is 11.8 Å². The Kier molecular flexibility index (Phi) is 5.30. The molecular formula is C15H29NO. The summed E-state index contributed by atoms with van der Waals surface area (Å²) in [4.78, 5) is 2.54. The molecule has 0 aromatic heterocycles. The molecule has 1 saturated heterocycles. The Bertz CT molecular complexity index is 203. The van der Waals surface area contributed by atoms with Crippen LogP contribution >= 0.6 is 0 Å². The van der Waals surface area contributed by atoms with Crippen LogP contribution in [0.2, 0.25) is 0 Å². The molecule has 2 fully saturated rings. The van der Waals surface area contributed by atoms with Gasteiger partial charge in [0.05, 0.1) is 12.7 Å². The van der Waals surface area contributed by atoms with Crippen molar-refractivity contribution in [3.63, 3.8) is 0 Å². The first-order chi connectivity index (χ1) is 8.25. The molecule has 0 bridgehead atoms. The summed E-state index contributed by atoms with van der Waals surface area (Å²) in [5.41, 5.74) is 0. The first-order valence-corrected chi connectivity index (χ1v) is 7.59. The Labute approximate surface area is 107 Å². The summed E-state index contributed by atoms with van der Waals surface area (Å²) in [6, 6.07) is 0. The Hall–Kier alpha value is -0.0800. The molecule has 1 heterocycles. The lowest BCUT2D eigenvalue weighted by molar-refractivity contribution is 0.00519. The molecule has 2 nitrogen and oxygen atoms in total. The third-order valence-corrected chi connectivity index (χ3v) is 4.62. The van der Waals surface area contributed by atoms with E-state index in [2.05, 4.69) is 18.7 Å². The van der Waals surface area contributed by atoms with Gasteiger partial charge in [0, 0.05) is 6.54 Å². The van der Waals surface area contributed by atoms with Crippen molar-refractivity contribution in [2.75, 3.05) is 26.2 Å².